The van der Waals surface area contributed by atoms with E-state index < -0.39 is 11.6 Å². The van der Waals surface area contributed by atoms with Crippen LogP contribution in [0.25, 0.3) is 0 Å². The fraction of sp³-hybridized carbons (Fsp3) is 0.400. The van der Waals surface area contributed by atoms with E-state index in [0.29, 0.717) is 25.2 Å². The zero-order chi connectivity index (χ0) is 10.1. The number of benzene rings is 1. The number of rotatable bonds is 2. The van der Waals surface area contributed by atoms with Crippen molar-refractivity contribution in [3.05, 3.63) is 35.4 Å². The van der Waals surface area contributed by atoms with E-state index >= 15 is 0 Å². The van der Waals surface area contributed by atoms with Gasteiger partial charge in [0.05, 0.1) is 6.10 Å². The van der Waals surface area contributed by atoms with Crippen molar-refractivity contribution in [2.45, 2.75) is 12.6 Å². The standard InChI is InChI=1S/C10H11F2NO/c11-8-1-7(2-9(12)3-8)4-13-5-10(14)6-13/h1-3,10,14H,4-6H2. The van der Waals surface area contributed by atoms with Crippen molar-refractivity contribution in [2.24, 2.45) is 0 Å². The first kappa shape index (κ1) is 9.55. The number of halogens is 2. The second kappa shape index (κ2) is 3.63. The van der Waals surface area contributed by atoms with Crippen LogP contribution in [0, 0.1) is 11.6 Å². The zero-order valence-corrected chi connectivity index (χ0v) is 7.58. The Labute approximate surface area is 80.8 Å². The lowest BCUT2D eigenvalue weighted by molar-refractivity contribution is -0.00293. The van der Waals surface area contributed by atoms with Crippen LogP contribution in [0.5, 0.6) is 0 Å². The second-order valence-corrected chi connectivity index (χ2v) is 3.63. The third-order valence-electron chi connectivity index (χ3n) is 2.27. The van der Waals surface area contributed by atoms with Crippen LogP contribution in [0.3, 0.4) is 0 Å². The van der Waals surface area contributed by atoms with E-state index in [1.54, 1.807) is 0 Å². The van der Waals surface area contributed by atoms with Gasteiger partial charge in [-0.15, -0.1) is 0 Å². The van der Waals surface area contributed by atoms with Crippen LogP contribution in [0.1, 0.15) is 5.56 Å². The van der Waals surface area contributed by atoms with Gasteiger partial charge in [-0.3, -0.25) is 4.90 Å². The number of β-amino-alcohol motifs (C(OH)–C–C–N with tert-alkyl or cyclic N) is 1. The largest absolute Gasteiger partial charge is 0.390 e. The Balaban J connectivity index is 2.02. The Morgan fingerprint density at radius 2 is 1.79 bits per heavy atom. The first-order valence-electron chi connectivity index (χ1n) is 4.49. The highest BCUT2D eigenvalue weighted by molar-refractivity contribution is 5.18. The molecule has 0 bridgehead atoms. The molecule has 0 spiro atoms. The molecule has 76 valence electrons. The second-order valence-electron chi connectivity index (χ2n) is 3.63. The lowest BCUT2D eigenvalue weighted by Crippen LogP contribution is -2.49. The number of aliphatic hydroxyl groups excluding tert-OH is 1. The lowest BCUT2D eigenvalue weighted by atomic mass is 10.1. The summed E-state index contributed by atoms with van der Waals surface area (Å²) in [5.74, 6) is -1.11. The van der Waals surface area contributed by atoms with Crippen LogP contribution in [0.2, 0.25) is 0 Å². The maximum atomic E-state index is 12.8. The van der Waals surface area contributed by atoms with E-state index in [1.165, 1.54) is 12.1 Å². The van der Waals surface area contributed by atoms with Gasteiger partial charge in [-0.2, -0.15) is 0 Å². The van der Waals surface area contributed by atoms with Crippen molar-refractivity contribution in [3.63, 3.8) is 0 Å². The summed E-state index contributed by atoms with van der Waals surface area (Å²) >= 11 is 0. The molecule has 1 aromatic rings. The first-order valence-corrected chi connectivity index (χ1v) is 4.49. The summed E-state index contributed by atoms with van der Waals surface area (Å²) in [5.41, 5.74) is 0.606. The Kier molecular flexibility index (Phi) is 2.48. The molecule has 1 saturated heterocycles. The smallest absolute Gasteiger partial charge is 0.126 e. The van der Waals surface area contributed by atoms with E-state index in [9.17, 15) is 8.78 Å². The predicted octanol–water partition coefficient (Wildman–Crippen LogP) is 1.14. The molecule has 0 saturated carbocycles. The monoisotopic (exact) mass is 199 g/mol. The van der Waals surface area contributed by atoms with E-state index in [2.05, 4.69) is 0 Å². The molecule has 14 heavy (non-hydrogen) atoms. The molecular formula is C10H11F2NO. The van der Waals surface area contributed by atoms with Gasteiger partial charge in [0.15, 0.2) is 0 Å². The van der Waals surface area contributed by atoms with Gasteiger partial charge < -0.3 is 5.11 Å². The summed E-state index contributed by atoms with van der Waals surface area (Å²) in [5, 5.41) is 9.02. The van der Waals surface area contributed by atoms with Crippen molar-refractivity contribution in [1.82, 2.24) is 4.90 Å². The molecule has 4 heteroatoms. The molecule has 2 nitrogen and oxygen atoms in total. The normalized spacial score (nSPS) is 18.2. The average Bonchev–Trinajstić information content (AvgIpc) is 1.99. The molecule has 0 aromatic heterocycles. The van der Waals surface area contributed by atoms with E-state index in [0.717, 1.165) is 6.07 Å². The molecule has 1 heterocycles. The molecule has 0 radical (unpaired) electrons. The van der Waals surface area contributed by atoms with Crippen LogP contribution in [0.15, 0.2) is 18.2 Å². The minimum absolute atomic E-state index is 0.284. The fourth-order valence-electron chi connectivity index (χ4n) is 1.63. The maximum absolute atomic E-state index is 12.8. The maximum Gasteiger partial charge on any atom is 0.126 e. The molecule has 1 aromatic carbocycles. The van der Waals surface area contributed by atoms with E-state index in [-0.39, 0.29) is 6.10 Å². The van der Waals surface area contributed by atoms with Gasteiger partial charge in [0, 0.05) is 25.7 Å². The Morgan fingerprint density at radius 1 is 1.21 bits per heavy atom. The minimum atomic E-state index is -0.555. The average molecular weight is 199 g/mol. The fourth-order valence-corrected chi connectivity index (χ4v) is 1.63. The topological polar surface area (TPSA) is 23.5 Å². The molecule has 0 amide bonds. The number of likely N-dealkylation sites (tertiary alicyclic amines) is 1. The van der Waals surface area contributed by atoms with Gasteiger partial charge in [0.2, 0.25) is 0 Å². The highest BCUT2D eigenvalue weighted by Gasteiger charge is 2.24. The molecule has 1 aliphatic heterocycles. The zero-order valence-electron chi connectivity index (χ0n) is 7.58. The Bertz CT molecular complexity index is 317. The van der Waals surface area contributed by atoms with Crippen molar-refractivity contribution in [3.8, 4) is 0 Å². The molecule has 0 atom stereocenters. The lowest BCUT2D eigenvalue weighted by Gasteiger charge is -2.35. The van der Waals surface area contributed by atoms with Gasteiger partial charge >= 0.3 is 0 Å². The van der Waals surface area contributed by atoms with Gasteiger partial charge in [-0.1, -0.05) is 0 Å². The molecule has 0 unspecified atom stereocenters. The molecular weight excluding hydrogens is 188 g/mol. The quantitative estimate of drug-likeness (QED) is 0.772. The van der Waals surface area contributed by atoms with E-state index in [4.69, 9.17) is 5.11 Å². The van der Waals surface area contributed by atoms with Crippen molar-refractivity contribution in [1.29, 1.82) is 0 Å². The van der Waals surface area contributed by atoms with Gasteiger partial charge in [-0.25, -0.2) is 8.78 Å². The number of aliphatic hydroxyl groups is 1. The van der Waals surface area contributed by atoms with Gasteiger partial charge in [0.25, 0.3) is 0 Å². The number of hydrogen-bond donors (Lipinski definition) is 1. The third-order valence-corrected chi connectivity index (χ3v) is 2.27. The van der Waals surface area contributed by atoms with Crippen LogP contribution in [-0.2, 0) is 6.54 Å². The molecule has 1 aliphatic rings. The predicted molar refractivity (Wildman–Crippen MR) is 47.6 cm³/mol. The molecule has 1 N–H and O–H groups in total. The number of nitrogens with zero attached hydrogens (tertiary/aromatic N) is 1. The summed E-state index contributed by atoms with van der Waals surface area (Å²) in [6.07, 6.45) is -0.284. The SMILES string of the molecule is OC1CN(Cc2cc(F)cc(F)c2)C1. The summed E-state index contributed by atoms with van der Waals surface area (Å²) in [4.78, 5) is 1.93. The van der Waals surface area contributed by atoms with Gasteiger partial charge in [-0.05, 0) is 17.7 Å². The highest BCUT2D eigenvalue weighted by Crippen LogP contribution is 2.15. The summed E-state index contributed by atoms with van der Waals surface area (Å²) in [6, 6.07) is 3.48. The van der Waals surface area contributed by atoms with Crippen LogP contribution in [0.4, 0.5) is 8.78 Å². The first-order chi connectivity index (χ1) is 6.63. The molecule has 0 aliphatic carbocycles. The van der Waals surface area contributed by atoms with Crippen molar-refractivity contribution < 1.29 is 13.9 Å². The van der Waals surface area contributed by atoms with Crippen molar-refractivity contribution in [2.75, 3.05) is 13.1 Å². The van der Waals surface area contributed by atoms with Crippen LogP contribution >= 0.6 is 0 Å². The van der Waals surface area contributed by atoms with Gasteiger partial charge in [0.1, 0.15) is 11.6 Å². The van der Waals surface area contributed by atoms with Crippen LogP contribution < -0.4 is 0 Å². The Hall–Kier alpha value is -1.00. The summed E-state index contributed by atoms with van der Waals surface area (Å²) in [7, 11) is 0. The summed E-state index contributed by atoms with van der Waals surface area (Å²) in [6.45, 7) is 1.65. The van der Waals surface area contributed by atoms with Crippen LogP contribution in [-0.4, -0.2) is 29.2 Å². The Morgan fingerprint density at radius 3 is 2.29 bits per heavy atom. The molecule has 1 fully saturated rings. The molecule has 2 rings (SSSR count). The number of hydrogen-bond acceptors (Lipinski definition) is 2. The van der Waals surface area contributed by atoms with Crippen molar-refractivity contribution >= 4 is 0 Å². The summed E-state index contributed by atoms with van der Waals surface area (Å²) < 4.78 is 25.5. The highest BCUT2D eigenvalue weighted by atomic mass is 19.1. The third kappa shape index (κ3) is 2.08. The van der Waals surface area contributed by atoms with E-state index in [1.807, 2.05) is 4.90 Å². The minimum Gasteiger partial charge on any atom is -0.390 e.